The lowest BCUT2D eigenvalue weighted by Gasteiger charge is -2.24. The van der Waals surface area contributed by atoms with Crippen LogP contribution in [-0.2, 0) is 10.0 Å². The first-order valence-corrected chi connectivity index (χ1v) is 8.31. The van der Waals surface area contributed by atoms with E-state index in [1.165, 1.54) is 12.8 Å². The molecule has 0 bridgehead atoms. The van der Waals surface area contributed by atoms with Gasteiger partial charge in [0.1, 0.15) is 0 Å². The predicted octanol–water partition coefficient (Wildman–Crippen LogP) is 1.58. The Bertz CT molecular complexity index is 310. The number of unbranched alkanes of at least 4 members (excludes halogenated alkanes) is 1. The molecule has 1 saturated carbocycles. The van der Waals surface area contributed by atoms with Crippen LogP contribution in [0.4, 0.5) is 0 Å². The van der Waals surface area contributed by atoms with Crippen molar-refractivity contribution >= 4 is 10.0 Å². The molecule has 0 aromatic rings. The van der Waals surface area contributed by atoms with Crippen LogP contribution in [0.25, 0.3) is 0 Å². The van der Waals surface area contributed by atoms with Crippen molar-refractivity contribution in [1.29, 1.82) is 0 Å². The van der Waals surface area contributed by atoms with E-state index in [0.29, 0.717) is 6.54 Å². The van der Waals surface area contributed by atoms with E-state index in [9.17, 15) is 8.42 Å². The van der Waals surface area contributed by atoms with Crippen LogP contribution in [0.5, 0.6) is 0 Å². The van der Waals surface area contributed by atoms with Crippen molar-refractivity contribution in [3.63, 3.8) is 0 Å². The zero-order valence-corrected chi connectivity index (χ0v) is 12.1. The second kappa shape index (κ2) is 6.71. The van der Waals surface area contributed by atoms with Crippen molar-refractivity contribution in [2.24, 2.45) is 0 Å². The molecule has 0 radical (unpaired) electrons. The minimum absolute atomic E-state index is 0.0644. The summed E-state index contributed by atoms with van der Waals surface area (Å²) in [7, 11) is -3.05. The van der Waals surface area contributed by atoms with Gasteiger partial charge in [-0.2, -0.15) is 4.31 Å². The van der Waals surface area contributed by atoms with Crippen molar-refractivity contribution in [2.75, 3.05) is 18.8 Å². The number of nitrogens with zero attached hydrogens (tertiary/aromatic N) is 1. The van der Waals surface area contributed by atoms with Crippen molar-refractivity contribution < 1.29 is 8.42 Å². The van der Waals surface area contributed by atoms with Gasteiger partial charge < -0.3 is 5.32 Å². The van der Waals surface area contributed by atoms with Crippen molar-refractivity contribution in [2.45, 2.75) is 58.5 Å². The molecule has 17 heavy (non-hydrogen) atoms. The molecular weight excluding hydrogens is 236 g/mol. The monoisotopic (exact) mass is 262 g/mol. The van der Waals surface area contributed by atoms with Gasteiger partial charge in [0.15, 0.2) is 0 Å². The van der Waals surface area contributed by atoms with E-state index in [1.54, 1.807) is 4.31 Å². The number of hydrogen-bond donors (Lipinski definition) is 1. The maximum absolute atomic E-state index is 12.0. The van der Waals surface area contributed by atoms with Crippen LogP contribution in [0, 0.1) is 0 Å². The Kier molecular flexibility index (Phi) is 5.89. The van der Waals surface area contributed by atoms with E-state index in [4.69, 9.17) is 0 Å². The molecule has 0 spiro atoms. The molecule has 0 unspecified atom stereocenters. The van der Waals surface area contributed by atoms with E-state index in [0.717, 1.165) is 25.4 Å². The first kappa shape index (κ1) is 14.9. The molecular formula is C12H26N2O2S. The van der Waals surface area contributed by atoms with Gasteiger partial charge in [0.2, 0.25) is 10.0 Å². The lowest BCUT2D eigenvalue weighted by Crippen LogP contribution is -2.38. The molecule has 0 amide bonds. The Morgan fingerprint density at radius 3 is 2.41 bits per heavy atom. The summed E-state index contributed by atoms with van der Waals surface area (Å²) in [4.78, 5) is 0. The van der Waals surface area contributed by atoms with Gasteiger partial charge in [0, 0.05) is 18.6 Å². The normalized spacial score (nSPS) is 17.0. The second-order valence-electron chi connectivity index (χ2n) is 5.05. The molecule has 1 aliphatic carbocycles. The smallest absolute Gasteiger partial charge is 0.214 e. The van der Waals surface area contributed by atoms with Gasteiger partial charge in [-0.05, 0) is 46.1 Å². The highest BCUT2D eigenvalue weighted by Crippen LogP contribution is 2.18. The van der Waals surface area contributed by atoms with Crippen LogP contribution in [0.2, 0.25) is 0 Å². The van der Waals surface area contributed by atoms with Gasteiger partial charge in [-0.25, -0.2) is 8.42 Å². The van der Waals surface area contributed by atoms with Gasteiger partial charge >= 0.3 is 0 Å². The molecule has 1 fully saturated rings. The summed E-state index contributed by atoms with van der Waals surface area (Å²) >= 11 is 0. The quantitative estimate of drug-likeness (QED) is 0.642. The maximum Gasteiger partial charge on any atom is 0.214 e. The van der Waals surface area contributed by atoms with Crippen molar-refractivity contribution in [3.05, 3.63) is 0 Å². The summed E-state index contributed by atoms with van der Waals surface area (Å²) in [5.41, 5.74) is 0. The number of nitrogens with one attached hydrogen (secondary N) is 1. The fourth-order valence-electron chi connectivity index (χ4n) is 2.00. The molecule has 102 valence electrons. The molecule has 0 heterocycles. The third kappa shape index (κ3) is 5.36. The Morgan fingerprint density at radius 2 is 1.94 bits per heavy atom. The number of sulfonamides is 1. The summed E-state index contributed by atoms with van der Waals surface area (Å²) in [6.45, 7) is 7.27. The molecule has 1 aliphatic rings. The summed E-state index contributed by atoms with van der Waals surface area (Å²) in [6.07, 6.45) is 4.28. The van der Waals surface area contributed by atoms with Crippen LogP contribution >= 0.6 is 0 Å². The predicted molar refractivity (Wildman–Crippen MR) is 71.6 cm³/mol. The van der Waals surface area contributed by atoms with E-state index in [1.807, 2.05) is 20.8 Å². The SMILES string of the molecule is CCN(C(C)C)S(=O)(=O)CCCCNC1CC1. The number of rotatable bonds is 9. The highest BCUT2D eigenvalue weighted by Gasteiger charge is 2.23. The highest BCUT2D eigenvalue weighted by molar-refractivity contribution is 7.89. The molecule has 0 atom stereocenters. The van der Waals surface area contributed by atoms with Gasteiger partial charge in [-0.3, -0.25) is 0 Å². The Balaban J connectivity index is 2.22. The molecule has 4 nitrogen and oxygen atoms in total. The molecule has 5 heteroatoms. The summed E-state index contributed by atoms with van der Waals surface area (Å²) in [5.74, 6) is 0.283. The Morgan fingerprint density at radius 1 is 1.29 bits per heavy atom. The molecule has 1 rings (SSSR count). The fourth-order valence-corrected chi connectivity index (χ4v) is 3.84. The first-order chi connectivity index (χ1) is 7.97. The van der Waals surface area contributed by atoms with Crippen LogP contribution in [0.3, 0.4) is 0 Å². The molecule has 0 aliphatic heterocycles. The van der Waals surface area contributed by atoms with Crippen LogP contribution in [0.15, 0.2) is 0 Å². The lowest BCUT2D eigenvalue weighted by molar-refractivity contribution is 0.368. The topological polar surface area (TPSA) is 49.4 Å². The standard InChI is InChI=1S/C12H26N2O2S/c1-4-14(11(2)3)17(15,16)10-6-5-9-13-12-7-8-12/h11-13H,4-10H2,1-3H3. The molecule has 0 saturated heterocycles. The van der Waals surface area contributed by atoms with E-state index >= 15 is 0 Å². The fraction of sp³-hybridized carbons (Fsp3) is 1.00. The molecule has 0 aromatic heterocycles. The third-order valence-corrected chi connectivity index (χ3v) is 5.28. The minimum atomic E-state index is -3.05. The van der Waals surface area contributed by atoms with Crippen LogP contribution in [-0.4, -0.2) is 43.6 Å². The lowest BCUT2D eigenvalue weighted by atomic mass is 10.3. The zero-order chi connectivity index (χ0) is 12.9. The minimum Gasteiger partial charge on any atom is -0.314 e. The third-order valence-electron chi connectivity index (χ3n) is 3.08. The summed E-state index contributed by atoms with van der Waals surface area (Å²) in [6, 6.07) is 0.781. The number of hydrogen-bond acceptors (Lipinski definition) is 3. The van der Waals surface area contributed by atoms with Gasteiger partial charge in [-0.1, -0.05) is 6.92 Å². The average molecular weight is 262 g/mol. The molecule has 1 N–H and O–H groups in total. The van der Waals surface area contributed by atoms with E-state index in [2.05, 4.69) is 5.32 Å². The molecule has 0 aromatic carbocycles. The maximum atomic E-state index is 12.0. The Hall–Kier alpha value is -0.130. The van der Waals surface area contributed by atoms with Crippen molar-refractivity contribution in [1.82, 2.24) is 9.62 Å². The highest BCUT2D eigenvalue weighted by atomic mass is 32.2. The van der Waals surface area contributed by atoms with Crippen LogP contribution < -0.4 is 5.32 Å². The summed E-state index contributed by atoms with van der Waals surface area (Å²) in [5, 5.41) is 3.40. The Labute approximate surface area is 106 Å². The van der Waals surface area contributed by atoms with Gasteiger partial charge in [0.25, 0.3) is 0 Å². The first-order valence-electron chi connectivity index (χ1n) is 6.70. The average Bonchev–Trinajstić information content (AvgIpc) is 3.00. The summed E-state index contributed by atoms with van der Waals surface area (Å²) < 4.78 is 25.6. The largest absolute Gasteiger partial charge is 0.314 e. The van der Waals surface area contributed by atoms with E-state index in [-0.39, 0.29) is 11.8 Å². The van der Waals surface area contributed by atoms with E-state index < -0.39 is 10.0 Å². The zero-order valence-electron chi connectivity index (χ0n) is 11.3. The van der Waals surface area contributed by atoms with Gasteiger partial charge in [-0.15, -0.1) is 0 Å². The van der Waals surface area contributed by atoms with Gasteiger partial charge in [0.05, 0.1) is 5.75 Å². The van der Waals surface area contributed by atoms with Crippen molar-refractivity contribution in [3.8, 4) is 0 Å². The van der Waals surface area contributed by atoms with Crippen LogP contribution in [0.1, 0.15) is 46.5 Å². The second-order valence-corrected chi connectivity index (χ2v) is 7.09.